The normalized spacial score (nSPS) is 28.9. The van der Waals surface area contributed by atoms with Crippen LogP contribution >= 0.6 is 0 Å². The number of ether oxygens (including phenoxy) is 1. The summed E-state index contributed by atoms with van der Waals surface area (Å²) in [4.78, 5) is 28.3. The molecule has 2 aromatic carbocycles. The molecule has 0 saturated heterocycles. The molecule has 3 atom stereocenters. The summed E-state index contributed by atoms with van der Waals surface area (Å²) < 4.78 is 5.18. The molecule has 3 aliphatic carbocycles. The number of Topliss-reactive ketones (excluding diaryl/α,β-unsaturated/α-hetero) is 1. The molecule has 5 rings (SSSR count). The minimum Gasteiger partial charge on any atom is -0.462 e. The summed E-state index contributed by atoms with van der Waals surface area (Å²) in [7, 11) is 4.25. The van der Waals surface area contributed by atoms with Gasteiger partial charge in [-0.05, 0) is 74.2 Å². The molecule has 0 amide bonds. The van der Waals surface area contributed by atoms with Gasteiger partial charge in [-0.25, -0.2) is 4.79 Å². The molecule has 0 radical (unpaired) electrons. The third kappa shape index (κ3) is 2.72. The van der Waals surface area contributed by atoms with Gasteiger partial charge in [0.1, 0.15) is 5.78 Å². The second-order valence-electron chi connectivity index (χ2n) is 9.60. The fourth-order valence-corrected chi connectivity index (χ4v) is 6.90. The van der Waals surface area contributed by atoms with E-state index in [0.717, 1.165) is 30.4 Å². The maximum atomic E-state index is 13.8. The van der Waals surface area contributed by atoms with Gasteiger partial charge in [0.2, 0.25) is 0 Å². The number of carbonyl (C=O) groups excluding carboxylic acids is 2. The lowest BCUT2D eigenvalue weighted by molar-refractivity contribution is -0.125. The minimum absolute atomic E-state index is 0.293. The van der Waals surface area contributed by atoms with Crippen LogP contribution in [0, 0.1) is 11.3 Å². The summed E-state index contributed by atoms with van der Waals surface area (Å²) >= 11 is 0. The first-order valence-corrected chi connectivity index (χ1v) is 11.8. The number of hydrogen-bond acceptors (Lipinski definition) is 4. The summed E-state index contributed by atoms with van der Waals surface area (Å²) in [6, 6.07) is 18.3. The molecule has 32 heavy (non-hydrogen) atoms. The summed E-state index contributed by atoms with van der Waals surface area (Å²) in [5, 5.41) is 0. The molecule has 3 aliphatic rings. The maximum Gasteiger partial charge on any atom is 0.338 e. The Labute approximate surface area is 190 Å². The monoisotopic (exact) mass is 429 g/mol. The number of ketones is 1. The number of esters is 1. The van der Waals surface area contributed by atoms with Gasteiger partial charge in [0.15, 0.2) is 0 Å². The molecule has 4 heteroatoms. The van der Waals surface area contributed by atoms with E-state index >= 15 is 0 Å². The number of hydrogen-bond donors (Lipinski definition) is 0. The Bertz CT molecular complexity index is 1090. The Balaban J connectivity index is 1.76. The minimum atomic E-state index is -0.404. The molecule has 0 aliphatic heterocycles. The zero-order valence-corrected chi connectivity index (χ0v) is 19.2. The van der Waals surface area contributed by atoms with Crippen LogP contribution < -0.4 is 0 Å². The van der Waals surface area contributed by atoms with E-state index < -0.39 is 5.41 Å². The smallest absolute Gasteiger partial charge is 0.338 e. The van der Waals surface area contributed by atoms with E-state index in [9.17, 15) is 9.59 Å². The highest BCUT2D eigenvalue weighted by Gasteiger charge is 2.71. The van der Waals surface area contributed by atoms with Gasteiger partial charge < -0.3 is 4.74 Å². The number of likely N-dealkylation sites (N-methyl/N-ethyl adjacent to an activating group) is 1. The van der Waals surface area contributed by atoms with Crippen molar-refractivity contribution in [1.82, 2.24) is 4.90 Å². The molecular formula is C28H31NO3. The van der Waals surface area contributed by atoms with Crippen molar-refractivity contribution >= 4 is 22.9 Å². The van der Waals surface area contributed by atoms with Crippen LogP contribution in [-0.4, -0.2) is 42.9 Å². The van der Waals surface area contributed by atoms with E-state index in [-0.39, 0.29) is 11.5 Å². The van der Waals surface area contributed by atoms with E-state index in [0.29, 0.717) is 30.3 Å². The van der Waals surface area contributed by atoms with Crippen molar-refractivity contribution in [3.63, 3.8) is 0 Å². The van der Waals surface area contributed by atoms with Crippen LogP contribution in [0.3, 0.4) is 0 Å². The first-order valence-electron chi connectivity index (χ1n) is 11.8. The van der Waals surface area contributed by atoms with Crippen LogP contribution in [0.2, 0.25) is 0 Å². The Morgan fingerprint density at radius 1 is 1.00 bits per heavy atom. The second-order valence-corrected chi connectivity index (χ2v) is 9.60. The number of rotatable bonds is 5. The molecule has 2 bridgehead atoms. The Morgan fingerprint density at radius 3 is 2.34 bits per heavy atom. The molecule has 2 fully saturated rings. The average Bonchev–Trinajstić information content (AvgIpc) is 3.24. The zero-order chi connectivity index (χ0) is 22.5. The SMILES string of the molecule is CCOC(=O)c1ccc(C2=C(c3ccccc3)[C@@]34CCCCC3[C@@]2(N(C)C)CC4=O)cc1. The molecule has 1 unspecified atom stereocenters. The number of carbonyl (C=O) groups is 2. The van der Waals surface area contributed by atoms with Crippen LogP contribution in [0.1, 0.15) is 60.5 Å². The molecule has 0 N–H and O–H groups in total. The molecule has 0 aromatic heterocycles. The first kappa shape index (κ1) is 21.1. The molecule has 4 nitrogen and oxygen atoms in total. The molecular weight excluding hydrogens is 398 g/mol. The van der Waals surface area contributed by atoms with E-state index in [4.69, 9.17) is 4.74 Å². The van der Waals surface area contributed by atoms with E-state index in [1.807, 2.05) is 37.3 Å². The third-order valence-corrected chi connectivity index (χ3v) is 8.09. The second kappa shape index (κ2) is 7.70. The highest BCUT2D eigenvalue weighted by atomic mass is 16.5. The van der Waals surface area contributed by atoms with Gasteiger partial charge in [-0.3, -0.25) is 9.69 Å². The number of benzene rings is 2. The van der Waals surface area contributed by atoms with Crippen molar-refractivity contribution in [2.45, 2.75) is 44.6 Å². The Kier molecular flexibility index (Phi) is 5.09. The van der Waals surface area contributed by atoms with Gasteiger partial charge in [-0.15, -0.1) is 0 Å². The Morgan fingerprint density at radius 2 is 1.69 bits per heavy atom. The van der Waals surface area contributed by atoms with Crippen LogP contribution in [0.25, 0.3) is 11.1 Å². The topological polar surface area (TPSA) is 46.6 Å². The van der Waals surface area contributed by atoms with Gasteiger partial charge in [-0.2, -0.15) is 0 Å². The maximum absolute atomic E-state index is 13.8. The first-order chi connectivity index (χ1) is 15.5. The fraction of sp³-hybridized carbons (Fsp3) is 0.429. The fourth-order valence-electron chi connectivity index (χ4n) is 6.90. The van der Waals surface area contributed by atoms with Gasteiger partial charge in [0.05, 0.1) is 23.1 Å². The summed E-state index contributed by atoms with van der Waals surface area (Å²) in [5.41, 5.74) is 4.60. The average molecular weight is 430 g/mol. The van der Waals surface area contributed by atoms with E-state index in [2.05, 4.69) is 43.3 Å². The predicted molar refractivity (Wildman–Crippen MR) is 126 cm³/mol. The highest BCUT2D eigenvalue weighted by molar-refractivity contribution is 6.16. The van der Waals surface area contributed by atoms with Crippen LogP contribution in [-0.2, 0) is 9.53 Å². The van der Waals surface area contributed by atoms with Crippen molar-refractivity contribution in [3.8, 4) is 0 Å². The summed E-state index contributed by atoms with van der Waals surface area (Å²) in [6.45, 7) is 2.18. The van der Waals surface area contributed by atoms with Gasteiger partial charge in [0.25, 0.3) is 0 Å². The lowest BCUT2D eigenvalue weighted by atomic mass is 9.64. The molecule has 0 heterocycles. The number of allylic oxidation sites excluding steroid dienone is 1. The standard InChI is InChI=1S/C28H31NO3/c1-4-32-26(31)21-15-13-20(14-16-21)25-24(19-10-6-5-7-11-19)27-17-9-8-12-22(27)28(25,29(2)3)18-23(27)30/h5-7,10-11,13-16,22H,4,8-9,12,17-18H2,1-3H3/t22?,27-,28-/m0/s1. The lowest BCUT2D eigenvalue weighted by Gasteiger charge is -2.43. The third-order valence-electron chi connectivity index (χ3n) is 8.09. The largest absolute Gasteiger partial charge is 0.462 e. The van der Waals surface area contributed by atoms with E-state index in [1.165, 1.54) is 17.6 Å². The van der Waals surface area contributed by atoms with Crippen molar-refractivity contribution in [2.75, 3.05) is 20.7 Å². The van der Waals surface area contributed by atoms with E-state index in [1.54, 1.807) is 0 Å². The lowest BCUT2D eigenvalue weighted by Crippen LogP contribution is -2.48. The van der Waals surface area contributed by atoms with Crippen molar-refractivity contribution < 1.29 is 14.3 Å². The zero-order valence-electron chi connectivity index (χ0n) is 19.2. The van der Waals surface area contributed by atoms with Crippen molar-refractivity contribution in [1.29, 1.82) is 0 Å². The van der Waals surface area contributed by atoms with Gasteiger partial charge >= 0.3 is 5.97 Å². The van der Waals surface area contributed by atoms with Gasteiger partial charge in [0, 0.05) is 6.42 Å². The Hall–Kier alpha value is -2.72. The highest BCUT2D eigenvalue weighted by Crippen LogP contribution is 2.72. The molecule has 2 aromatic rings. The summed E-state index contributed by atoms with van der Waals surface area (Å²) in [6.07, 6.45) is 4.84. The van der Waals surface area contributed by atoms with Crippen LogP contribution in [0.4, 0.5) is 0 Å². The molecule has 166 valence electrons. The number of nitrogens with zero attached hydrogens (tertiary/aromatic N) is 1. The predicted octanol–water partition coefficient (Wildman–Crippen LogP) is 5.24. The van der Waals surface area contributed by atoms with Crippen molar-refractivity contribution in [2.24, 2.45) is 11.3 Å². The van der Waals surface area contributed by atoms with Crippen molar-refractivity contribution in [3.05, 3.63) is 71.3 Å². The van der Waals surface area contributed by atoms with Crippen LogP contribution in [0.15, 0.2) is 54.6 Å². The quantitative estimate of drug-likeness (QED) is 0.610. The molecule has 0 spiro atoms. The van der Waals surface area contributed by atoms with Gasteiger partial charge in [-0.1, -0.05) is 55.3 Å². The summed E-state index contributed by atoms with van der Waals surface area (Å²) in [5.74, 6) is 0.400. The molecule has 2 saturated carbocycles. The van der Waals surface area contributed by atoms with Crippen LogP contribution in [0.5, 0.6) is 0 Å².